The molecule has 112 valence electrons. The van der Waals surface area contributed by atoms with Gasteiger partial charge in [0.05, 0.1) is 0 Å². The average Bonchev–Trinajstić information content (AvgIpc) is 3.05. The predicted octanol–water partition coefficient (Wildman–Crippen LogP) is 3.80. The van der Waals surface area contributed by atoms with E-state index in [0.29, 0.717) is 0 Å². The van der Waals surface area contributed by atoms with Gasteiger partial charge in [-0.3, -0.25) is 0 Å². The van der Waals surface area contributed by atoms with Gasteiger partial charge in [0.15, 0.2) is 0 Å². The molecule has 4 rings (SSSR count). The summed E-state index contributed by atoms with van der Waals surface area (Å²) < 4.78 is 3.62. The van der Waals surface area contributed by atoms with Crippen LogP contribution in [0.4, 0.5) is 0 Å². The van der Waals surface area contributed by atoms with Gasteiger partial charge in [0.1, 0.15) is 0 Å². The Bertz CT molecular complexity index is 955. The third-order valence-corrected chi connectivity index (χ3v) is 5.88. The van der Waals surface area contributed by atoms with E-state index >= 15 is 0 Å². The van der Waals surface area contributed by atoms with Gasteiger partial charge in [0, 0.05) is 0 Å². The number of imidazole rings is 1. The molecule has 0 saturated heterocycles. The molecule has 0 radical (unpaired) electrons. The molecule has 0 amide bonds. The van der Waals surface area contributed by atoms with E-state index < -0.39 is 0 Å². The summed E-state index contributed by atoms with van der Waals surface area (Å²) in [5.74, 6) is 1.04. The Balaban J connectivity index is 1.71. The van der Waals surface area contributed by atoms with E-state index in [-0.39, 0.29) is 15.2 Å². The van der Waals surface area contributed by atoms with Crippen LogP contribution in [-0.2, 0) is 0 Å². The van der Waals surface area contributed by atoms with Crippen LogP contribution in [0.15, 0.2) is 79.1 Å². The van der Waals surface area contributed by atoms with Crippen LogP contribution in [0.2, 0.25) is 0 Å². The quantitative estimate of drug-likeness (QED) is 0.506. The Morgan fingerprint density at radius 1 is 0.870 bits per heavy atom. The first-order valence-electron chi connectivity index (χ1n) is 7.57. The zero-order valence-corrected chi connectivity index (χ0v) is 14.5. The Labute approximate surface area is 142 Å². The van der Waals surface area contributed by atoms with Crippen molar-refractivity contribution in [2.75, 3.05) is 0 Å². The van der Waals surface area contributed by atoms with Gasteiger partial charge in [-0.1, -0.05) is 0 Å². The van der Waals surface area contributed by atoms with E-state index in [1.807, 2.05) is 6.20 Å². The van der Waals surface area contributed by atoms with Crippen molar-refractivity contribution in [2.45, 2.75) is 6.92 Å². The van der Waals surface area contributed by atoms with E-state index in [0.717, 1.165) is 5.82 Å². The average molecular weight is 363 g/mol. The number of aryl methyl sites for hydroxylation is 1. The molecule has 3 aromatic carbocycles. The van der Waals surface area contributed by atoms with Gasteiger partial charge in [0.2, 0.25) is 0 Å². The zero-order valence-electron chi connectivity index (χ0n) is 12.8. The van der Waals surface area contributed by atoms with Gasteiger partial charge < -0.3 is 0 Å². The molecule has 23 heavy (non-hydrogen) atoms. The normalized spacial score (nSPS) is 11.0. The van der Waals surface area contributed by atoms with Crippen LogP contribution in [0.1, 0.15) is 5.56 Å². The fourth-order valence-electron chi connectivity index (χ4n) is 2.61. The fourth-order valence-corrected chi connectivity index (χ4v) is 4.37. The maximum atomic E-state index is 4.59. The van der Waals surface area contributed by atoms with Crippen LogP contribution >= 0.6 is 0 Å². The Kier molecular flexibility index (Phi) is 3.74. The number of benzene rings is 3. The van der Waals surface area contributed by atoms with E-state index in [4.69, 9.17) is 0 Å². The van der Waals surface area contributed by atoms with Gasteiger partial charge >= 0.3 is 142 Å². The van der Waals surface area contributed by atoms with Crippen molar-refractivity contribution in [3.05, 3.63) is 84.7 Å². The minimum absolute atomic E-state index is 0.200. The van der Waals surface area contributed by atoms with Crippen LogP contribution < -0.4 is 4.46 Å². The molecule has 0 N–H and O–H groups in total. The second-order valence-corrected chi connectivity index (χ2v) is 7.74. The van der Waals surface area contributed by atoms with Gasteiger partial charge in [-0.05, 0) is 0 Å². The summed E-state index contributed by atoms with van der Waals surface area (Å²) in [5.41, 5.74) is 2.47. The predicted molar refractivity (Wildman–Crippen MR) is 97.1 cm³/mol. The first-order valence-corrected chi connectivity index (χ1v) is 9.19. The van der Waals surface area contributed by atoms with Crippen molar-refractivity contribution in [2.24, 2.45) is 0 Å². The van der Waals surface area contributed by atoms with E-state index in [1.54, 1.807) is 0 Å². The molecule has 0 aliphatic rings. The molecule has 0 fully saturated rings. The second-order valence-electron chi connectivity index (χ2n) is 5.54. The molecule has 0 aliphatic carbocycles. The van der Waals surface area contributed by atoms with Crippen LogP contribution in [0.3, 0.4) is 0 Å². The Morgan fingerprint density at radius 3 is 2.48 bits per heavy atom. The molecule has 0 aliphatic heterocycles. The molecule has 1 heterocycles. The molecule has 0 spiro atoms. The first kappa shape index (κ1) is 14.3. The second kappa shape index (κ2) is 6.04. The monoisotopic (exact) mass is 364 g/mol. The van der Waals surface area contributed by atoms with Gasteiger partial charge in [-0.2, -0.15) is 0 Å². The van der Waals surface area contributed by atoms with Crippen molar-refractivity contribution in [1.29, 1.82) is 0 Å². The van der Waals surface area contributed by atoms with Gasteiger partial charge in [-0.25, -0.2) is 0 Å². The maximum absolute atomic E-state index is 4.59. The summed E-state index contributed by atoms with van der Waals surface area (Å²) in [7, 11) is 0. The Morgan fingerprint density at radius 2 is 1.65 bits per heavy atom. The topological polar surface area (TPSA) is 17.8 Å². The van der Waals surface area contributed by atoms with Crippen LogP contribution in [0, 0.1) is 6.92 Å². The molecule has 2 nitrogen and oxygen atoms in total. The molecule has 1 aromatic heterocycles. The fraction of sp³-hybridized carbons (Fsp3) is 0.0500. The molecule has 4 aromatic rings. The standard InChI is InChI=1S/C20H16N2Se/c1-15-6-10-19(11-7-15)23-22-13-12-21-20(22)18-9-8-16-4-2-3-5-17(16)14-18/h2-14H,1H3. The van der Waals surface area contributed by atoms with E-state index in [2.05, 4.69) is 88.4 Å². The SMILES string of the molecule is Cc1ccc([Se]n2ccnc2-c2ccc3ccccc3c2)cc1. The van der Waals surface area contributed by atoms with Crippen molar-refractivity contribution >= 4 is 30.4 Å². The third kappa shape index (κ3) is 2.94. The molecular formula is C20H16N2Se. The zero-order chi connectivity index (χ0) is 15.6. The van der Waals surface area contributed by atoms with E-state index in [1.165, 1.54) is 26.4 Å². The molecule has 0 unspecified atom stereocenters. The third-order valence-electron chi connectivity index (χ3n) is 3.84. The van der Waals surface area contributed by atoms with Crippen LogP contribution in [0.5, 0.6) is 0 Å². The van der Waals surface area contributed by atoms with Crippen molar-refractivity contribution in [1.82, 2.24) is 8.57 Å². The summed E-state index contributed by atoms with van der Waals surface area (Å²) in [4.78, 5) is 4.59. The number of aromatic nitrogens is 2. The number of hydrogen-bond donors (Lipinski definition) is 0. The summed E-state index contributed by atoms with van der Waals surface area (Å²) in [6.07, 6.45) is 3.96. The van der Waals surface area contributed by atoms with Gasteiger partial charge in [0.25, 0.3) is 0 Å². The van der Waals surface area contributed by atoms with Crippen molar-refractivity contribution in [3.63, 3.8) is 0 Å². The molecule has 0 saturated carbocycles. The summed E-state index contributed by atoms with van der Waals surface area (Å²) >= 11 is 0.200. The molecule has 0 atom stereocenters. The minimum atomic E-state index is 0.200. The summed E-state index contributed by atoms with van der Waals surface area (Å²) in [6.45, 7) is 2.12. The number of nitrogens with zero attached hydrogens (tertiary/aromatic N) is 2. The number of hydrogen-bond acceptors (Lipinski definition) is 1. The summed E-state index contributed by atoms with van der Waals surface area (Å²) in [5, 5.41) is 2.51. The summed E-state index contributed by atoms with van der Waals surface area (Å²) in [6, 6.07) is 23.7. The van der Waals surface area contributed by atoms with Crippen LogP contribution in [-0.4, -0.2) is 23.7 Å². The van der Waals surface area contributed by atoms with Crippen molar-refractivity contribution < 1.29 is 0 Å². The van der Waals surface area contributed by atoms with Crippen LogP contribution in [0.25, 0.3) is 22.2 Å². The molecular weight excluding hydrogens is 347 g/mol. The first-order chi connectivity index (χ1) is 11.3. The number of fused-ring (bicyclic) bond motifs is 1. The van der Waals surface area contributed by atoms with E-state index in [9.17, 15) is 0 Å². The molecule has 3 heteroatoms. The number of rotatable bonds is 3. The Hall–Kier alpha value is -2.35. The molecule has 0 bridgehead atoms. The van der Waals surface area contributed by atoms with Crippen molar-refractivity contribution in [3.8, 4) is 11.4 Å². The van der Waals surface area contributed by atoms with Gasteiger partial charge in [-0.15, -0.1) is 0 Å².